The van der Waals surface area contributed by atoms with Crippen molar-refractivity contribution in [2.75, 3.05) is 0 Å². The van der Waals surface area contributed by atoms with Gasteiger partial charge in [0.05, 0.1) is 0 Å². The fourth-order valence-corrected chi connectivity index (χ4v) is 5.18. The molecule has 1 heterocycles. The van der Waals surface area contributed by atoms with Gasteiger partial charge < -0.3 is 4.42 Å². The average molecular weight is 427 g/mol. The van der Waals surface area contributed by atoms with Gasteiger partial charge in [-0.1, -0.05) is 76.6 Å². The molecule has 2 aliphatic rings. The summed E-state index contributed by atoms with van der Waals surface area (Å²) in [4.78, 5) is 0.406. The molecule has 0 saturated heterocycles. The molecule has 1 atom stereocenters. The molecule has 3 aromatic carbocycles. The van der Waals surface area contributed by atoms with Gasteiger partial charge in [0.2, 0.25) is 0 Å². The van der Waals surface area contributed by atoms with Crippen molar-refractivity contribution in [3.05, 3.63) is 83.5 Å². The van der Waals surface area contributed by atoms with Crippen LogP contribution in [-0.4, -0.2) is 4.83 Å². The van der Waals surface area contributed by atoms with Crippen LogP contribution in [0.15, 0.2) is 71.2 Å². The molecule has 0 fully saturated rings. The molecule has 0 aliphatic heterocycles. The molecule has 136 valence electrons. The Hall–Kier alpha value is -2.58. The minimum Gasteiger partial charge on any atom is -0.456 e. The quantitative estimate of drug-likeness (QED) is 0.283. The van der Waals surface area contributed by atoms with Gasteiger partial charge in [-0.15, -0.1) is 0 Å². The van der Waals surface area contributed by atoms with E-state index in [1.54, 1.807) is 0 Å². The highest BCUT2D eigenvalue weighted by atomic mass is 79.9. The van der Waals surface area contributed by atoms with E-state index in [-0.39, 0.29) is 0 Å². The maximum Gasteiger partial charge on any atom is 0.139 e. The summed E-state index contributed by atoms with van der Waals surface area (Å²) in [5.74, 6) is 0. The van der Waals surface area contributed by atoms with E-state index in [0.717, 1.165) is 30.4 Å². The van der Waals surface area contributed by atoms with Gasteiger partial charge in [0.25, 0.3) is 0 Å². The summed E-state index contributed by atoms with van der Waals surface area (Å²) in [5, 5.41) is 5.08. The molecular weight excluding hydrogens is 408 g/mol. The van der Waals surface area contributed by atoms with E-state index in [1.165, 1.54) is 43.8 Å². The number of fused-ring (bicyclic) bond motifs is 8. The van der Waals surface area contributed by atoms with Crippen molar-refractivity contribution < 1.29 is 4.42 Å². The number of aryl methyl sites for hydroxylation is 1. The van der Waals surface area contributed by atoms with Gasteiger partial charge in [0.1, 0.15) is 11.2 Å². The highest BCUT2D eigenvalue weighted by Crippen LogP contribution is 2.42. The van der Waals surface area contributed by atoms with E-state index in [2.05, 4.69) is 88.8 Å². The zero-order valence-corrected chi connectivity index (χ0v) is 17.0. The third-order valence-electron chi connectivity index (χ3n) is 5.97. The second kappa shape index (κ2) is 6.22. The average Bonchev–Trinajstić information content (AvgIpc) is 3.13. The smallest absolute Gasteiger partial charge is 0.139 e. The Labute approximate surface area is 172 Å². The van der Waals surface area contributed by atoms with E-state index >= 15 is 0 Å². The highest BCUT2D eigenvalue weighted by Gasteiger charge is 2.20. The Balaban J connectivity index is 1.72. The third-order valence-corrected chi connectivity index (χ3v) is 6.61. The zero-order chi connectivity index (χ0) is 18.7. The molecule has 2 heteroatoms. The molecule has 1 aromatic heterocycles. The van der Waals surface area contributed by atoms with Gasteiger partial charge in [-0.2, -0.15) is 0 Å². The maximum atomic E-state index is 6.44. The SMILES string of the molecule is BrC1C=C(c2ccc3oc4c5c(c6ccccc6c4c3c2)C=CCC5)C=CC1. The Morgan fingerprint density at radius 1 is 0.929 bits per heavy atom. The van der Waals surface area contributed by atoms with Crippen molar-refractivity contribution >= 4 is 60.3 Å². The number of hydrogen-bond donors (Lipinski definition) is 0. The first kappa shape index (κ1) is 16.4. The molecule has 0 spiro atoms. The number of hydrogen-bond acceptors (Lipinski definition) is 1. The third kappa shape index (κ3) is 2.37. The fourth-order valence-electron chi connectivity index (χ4n) is 4.68. The summed E-state index contributed by atoms with van der Waals surface area (Å²) in [7, 11) is 0. The summed E-state index contributed by atoms with van der Waals surface area (Å²) in [5.41, 5.74) is 7.24. The zero-order valence-electron chi connectivity index (χ0n) is 15.4. The summed E-state index contributed by atoms with van der Waals surface area (Å²) < 4.78 is 6.44. The van der Waals surface area contributed by atoms with Gasteiger partial charge in [0.15, 0.2) is 0 Å². The molecule has 4 aromatic rings. The molecule has 6 rings (SSSR count). The molecular formula is C26H19BrO. The predicted molar refractivity (Wildman–Crippen MR) is 123 cm³/mol. The number of alkyl halides is 1. The molecule has 28 heavy (non-hydrogen) atoms. The van der Waals surface area contributed by atoms with Crippen LogP contribution in [0.5, 0.6) is 0 Å². The Morgan fingerprint density at radius 2 is 1.82 bits per heavy atom. The lowest BCUT2D eigenvalue weighted by molar-refractivity contribution is 0.662. The van der Waals surface area contributed by atoms with Crippen LogP contribution >= 0.6 is 15.9 Å². The number of rotatable bonds is 1. The predicted octanol–water partition coefficient (Wildman–Crippen LogP) is 7.81. The Kier molecular flexibility index (Phi) is 3.64. The maximum absolute atomic E-state index is 6.44. The van der Waals surface area contributed by atoms with Crippen LogP contribution in [0.2, 0.25) is 0 Å². The first-order valence-electron chi connectivity index (χ1n) is 9.89. The summed E-state index contributed by atoms with van der Waals surface area (Å²) in [6.45, 7) is 0. The van der Waals surface area contributed by atoms with E-state index < -0.39 is 0 Å². The van der Waals surface area contributed by atoms with Gasteiger partial charge in [0, 0.05) is 21.2 Å². The van der Waals surface area contributed by atoms with Crippen molar-refractivity contribution in [2.45, 2.75) is 24.1 Å². The minimum atomic E-state index is 0.406. The molecule has 0 saturated carbocycles. The van der Waals surface area contributed by atoms with Crippen LogP contribution in [-0.2, 0) is 6.42 Å². The van der Waals surface area contributed by atoms with Crippen LogP contribution in [0.25, 0.3) is 44.4 Å². The van der Waals surface area contributed by atoms with Crippen LogP contribution in [0.3, 0.4) is 0 Å². The summed E-state index contributed by atoms with van der Waals surface area (Å²) in [6.07, 6.45) is 14.5. The van der Waals surface area contributed by atoms with Gasteiger partial charge in [-0.3, -0.25) is 0 Å². The largest absolute Gasteiger partial charge is 0.456 e. The van der Waals surface area contributed by atoms with Crippen LogP contribution in [0.4, 0.5) is 0 Å². The second-order valence-corrected chi connectivity index (χ2v) is 8.85. The van der Waals surface area contributed by atoms with Crippen molar-refractivity contribution in [1.82, 2.24) is 0 Å². The van der Waals surface area contributed by atoms with Gasteiger partial charge in [-0.25, -0.2) is 0 Å². The normalized spacial score (nSPS) is 18.8. The van der Waals surface area contributed by atoms with E-state index in [0.29, 0.717) is 4.83 Å². The van der Waals surface area contributed by atoms with E-state index in [9.17, 15) is 0 Å². The van der Waals surface area contributed by atoms with Gasteiger partial charge in [-0.05, 0) is 58.9 Å². The first-order valence-corrected chi connectivity index (χ1v) is 10.8. The first-order chi connectivity index (χ1) is 13.8. The lowest BCUT2D eigenvalue weighted by atomic mass is 9.89. The van der Waals surface area contributed by atoms with Crippen LogP contribution in [0, 0.1) is 0 Å². The fraction of sp³-hybridized carbons (Fsp3) is 0.154. The second-order valence-electron chi connectivity index (χ2n) is 7.67. The summed E-state index contributed by atoms with van der Waals surface area (Å²) in [6, 6.07) is 15.4. The van der Waals surface area contributed by atoms with Crippen molar-refractivity contribution in [3.63, 3.8) is 0 Å². The number of halogens is 1. The molecule has 0 amide bonds. The van der Waals surface area contributed by atoms with Crippen molar-refractivity contribution in [2.24, 2.45) is 0 Å². The van der Waals surface area contributed by atoms with E-state index in [4.69, 9.17) is 4.42 Å². The number of furan rings is 1. The summed E-state index contributed by atoms with van der Waals surface area (Å²) >= 11 is 3.73. The van der Waals surface area contributed by atoms with Crippen LogP contribution in [0.1, 0.15) is 29.5 Å². The van der Waals surface area contributed by atoms with Crippen molar-refractivity contribution in [3.8, 4) is 0 Å². The molecule has 0 N–H and O–H groups in total. The molecule has 1 nitrogen and oxygen atoms in total. The molecule has 0 bridgehead atoms. The minimum absolute atomic E-state index is 0.406. The van der Waals surface area contributed by atoms with Crippen LogP contribution < -0.4 is 0 Å². The monoisotopic (exact) mass is 426 g/mol. The van der Waals surface area contributed by atoms with Gasteiger partial charge >= 0.3 is 0 Å². The Morgan fingerprint density at radius 3 is 2.71 bits per heavy atom. The molecule has 1 unspecified atom stereocenters. The Bertz CT molecular complexity index is 1350. The van der Waals surface area contributed by atoms with Crippen molar-refractivity contribution in [1.29, 1.82) is 0 Å². The lowest BCUT2D eigenvalue weighted by Gasteiger charge is -2.14. The van der Waals surface area contributed by atoms with E-state index in [1.807, 2.05) is 0 Å². The standard InChI is InChI=1S/C26H19BrO/c27-18-7-5-6-16(14-18)17-12-13-24-23(15-17)25-21-10-3-1-8-19(21)20-9-2-4-11-22(20)26(25)28-24/h1-3,5-6,8-10,12-15,18H,4,7,11H2. The number of benzene rings is 3. The topological polar surface area (TPSA) is 13.1 Å². The molecule has 0 radical (unpaired) electrons. The lowest BCUT2D eigenvalue weighted by Crippen LogP contribution is -1.97. The highest BCUT2D eigenvalue weighted by molar-refractivity contribution is 9.09. The number of allylic oxidation sites excluding steroid dienone is 5. The molecule has 2 aliphatic carbocycles.